The molecule has 8 heteroatoms. The van der Waals surface area contributed by atoms with Crippen LogP contribution in [0.15, 0.2) is 65.6 Å². The number of aryl methyl sites for hydroxylation is 1. The highest BCUT2D eigenvalue weighted by atomic mass is 32.1. The highest BCUT2D eigenvalue weighted by Gasteiger charge is 2.18. The summed E-state index contributed by atoms with van der Waals surface area (Å²) in [4.78, 5) is 29.1. The van der Waals surface area contributed by atoms with Crippen LogP contribution in [0, 0.1) is 5.82 Å². The number of amides is 1. The van der Waals surface area contributed by atoms with Crippen molar-refractivity contribution in [3.8, 4) is 11.3 Å². The van der Waals surface area contributed by atoms with Crippen molar-refractivity contribution in [2.45, 2.75) is 13.5 Å². The van der Waals surface area contributed by atoms with Crippen LogP contribution in [-0.2, 0) is 6.54 Å². The van der Waals surface area contributed by atoms with Crippen molar-refractivity contribution in [2.75, 3.05) is 5.32 Å². The molecule has 0 aliphatic rings. The fourth-order valence-corrected chi connectivity index (χ4v) is 2.78. The summed E-state index contributed by atoms with van der Waals surface area (Å²) in [6.45, 7) is 2.16. The third-order valence-corrected chi connectivity index (χ3v) is 4.16. The first kappa shape index (κ1) is 19.4. The number of benzene rings is 2. The number of hydrogen-bond acceptors (Lipinski definition) is 4. The van der Waals surface area contributed by atoms with Gasteiger partial charge in [-0.25, -0.2) is 9.18 Å². The van der Waals surface area contributed by atoms with E-state index in [1.54, 1.807) is 31.2 Å². The van der Waals surface area contributed by atoms with Gasteiger partial charge in [-0.05, 0) is 43.4 Å². The molecule has 142 valence electrons. The third kappa shape index (κ3) is 4.47. The van der Waals surface area contributed by atoms with Crippen molar-refractivity contribution in [3.05, 3.63) is 82.7 Å². The summed E-state index contributed by atoms with van der Waals surface area (Å²) >= 11 is 5.17. The minimum atomic E-state index is -0.506. The van der Waals surface area contributed by atoms with Crippen LogP contribution in [0.4, 0.5) is 10.1 Å². The van der Waals surface area contributed by atoms with Gasteiger partial charge in [0.15, 0.2) is 5.11 Å². The van der Waals surface area contributed by atoms with E-state index in [0.29, 0.717) is 17.8 Å². The zero-order valence-electron chi connectivity index (χ0n) is 15.0. The predicted molar refractivity (Wildman–Crippen MR) is 110 cm³/mol. The molecule has 0 radical (unpaired) electrons. The molecule has 0 saturated heterocycles. The van der Waals surface area contributed by atoms with Crippen LogP contribution < -0.4 is 16.3 Å². The zero-order valence-corrected chi connectivity index (χ0v) is 15.8. The van der Waals surface area contributed by atoms with Gasteiger partial charge in [0.1, 0.15) is 5.82 Å². The fraction of sp³-hybridized carbons (Fsp3) is 0.100. The van der Waals surface area contributed by atoms with Gasteiger partial charge in [-0.1, -0.05) is 30.3 Å². The van der Waals surface area contributed by atoms with Crippen LogP contribution in [0.5, 0.6) is 0 Å². The standard InChI is InChI=1S/C20H17FN4O2S/c1-2-25-12-16(17(23-20(25)27)13-6-4-3-5-7-13)18(26)24-19(28)22-15-10-8-14(21)9-11-15/h3-12H,2H2,1H3,(H2,22,24,26,28). The van der Waals surface area contributed by atoms with Gasteiger partial charge in [-0.15, -0.1) is 0 Å². The van der Waals surface area contributed by atoms with Gasteiger partial charge < -0.3 is 5.32 Å². The second-order valence-corrected chi connectivity index (χ2v) is 6.26. The number of anilines is 1. The van der Waals surface area contributed by atoms with Crippen molar-refractivity contribution in [3.63, 3.8) is 0 Å². The molecule has 0 unspecified atom stereocenters. The van der Waals surface area contributed by atoms with Gasteiger partial charge in [0.05, 0.1) is 11.3 Å². The minimum Gasteiger partial charge on any atom is -0.332 e. The van der Waals surface area contributed by atoms with Crippen molar-refractivity contribution >= 4 is 28.9 Å². The smallest absolute Gasteiger partial charge is 0.332 e. The molecular weight excluding hydrogens is 379 g/mol. The van der Waals surface area contributed by atoms with Gasteiger partial charge in [0.2, 0.25) is 0 Å². The number of halogens is 1. The first-order valence-corrected chi connectivity index (χ1v) is 8.93. The van der Waals surface area contributed by atoms with Crippen LogP contribution in [0.3, 0.4) is 0 Å². The van der Waals surface area contributed by atoms with E-state index in [1.807, 2.05) is 6.07 Å². The van der Waals surface area contributed by atoms with Gasteiger partial charge in [-0.3, -0.25) is 14.7 Å². The van der Waals surface area contributed by atoms with Crippen molar-refractivity contribution < 1.29 is 9.18 Å². The van der Waals surface area contributed by atoms with Crippen molar-refractivity contribution in [1.82, 2.24) is 14.9 Å². The summed E-state index contributed by atoms with van der Waals surface area (Å²) in [5.41, 5.74) is 1.23. The first-order chi connectivity index (χ1) is 13.5. The molecule has 0 aliphatic heterocycles. The number of nitrogens with one attached hydrogen (secondary N) is 2. The monoisotopic (exact) mass is 396 g/mol. The number of nitrogens with zero attached hydrogens (tertiary/aromatic N) is 2. The van der Waals surface area contributed by atoms with E-state index in [2.05, 4.69) is 15.6 Å². The SMILES string of the molecule is CCn1cc(C(=O)NC(=S)Nc2ccc(F)cc2)c(-c2ccccc2)nc1=O. The summed E-state index contributed by atoms with van der Waals surface area (Å²) in [5.74, 6) is -0.880. The first-order valence-electron chi connectivity index (χ1n) is 8.52. The van der Waals surface area contributed by atoms with E-state index in [4.69, 9.17) is 12.2 Å². The average molecular weight is 396 g/mol. The number of carbonyl (C=O) groups excluding carboxylic acids is 1. The topological polar surface area (TPSA) is 76.0 Å². The molecular formula is C20H17FN4O2S. The molecule has 1 amide bonds. The molecule has 3 rings (SSSR count). The van der Waals surface area contributed by atoms with Gasteiger partial charge in [0.25, 0.3) is 5.91 Å². The van der Waals surface area contributed by atoms with E-state index in [9.17, 15) is 14.0 Å². The average Bonchev–Trinajstić information content (AvgIpc) is 2.70. The normalized spacial score (nSPS) is 10.4. The molecule has 6 nitrogen and oxygen atoms in total. The highest BCUT2D eigenvalue weighted by molar-refractivity contribution is 7.80. The zero-order chi connectivity index (χ0) is 20.1. The number of thiocarbonyl (C=S) groups is 1. The van der Waals surface area contributed by atoms with Crippen LogP contribution in [0.2, 0.25) is 0 Å². The lowest BCUT2D eigenvalue weighted by atomic mass is 10.1. The molecule has 0 atom stereocenters. The highest BCUT2D eigenvalue weighted by Crippen LogP contribution is 2.20. The summed E-state index contributed by atoms with van der Waals surface area (Å²) in [6.07, 6.45) is 1.47. The molecule has 2 N–H and O–H groups in total. The Morgan fingerprint density at radius 2 is 1.82 bits per heavy atom. The lowest BCUT2D eigenvalue weighted by Crippen LogP contribution is -2.36. The van der Waals surface area contributed by atoms with Gasteiger partial charge in [0, 0.05) is 24.0 Å². The molecule has 0 saturated carbocycles. The summed E-state index contributed by atoms with van der Waals surface area (Å²) < 4.78 is 14.3. The molecule has 0 fully saturated rings. The second-order valence-electron chi connectivity index (χ2n) is 5.85. The largest absolute Gasteiger partial charge is 0.348 e. The molecule has 1 aromatic heterocycles. The van der Waals surface area contributed by atoms with Crippen LogP contribution in [-0.4, -0.2) is 20.6 Å². The van der Waals surface area contributed by atoms with E-state index < -0.39 is 11.6 Å². The Morgan fingerprint density at radius 1 is 1.14 bits per heavy atom. The summed E-state index contributed by atoms with van der Waals surface area (Å²) in [7, 11) is 0. The third-order valence-electron chi connectivity index (χ3n) is 3.95. The number of rotatable bonds is 4. The molecule has 0 spiro atoms. The van der Waals surface area contributed by atoms with Crippen LogP contribution >= 0.6 is 12.2 Å². The summed E-state index contributed by atoms with van der Waals surface area (Å²) in [6, 6.07) is 14.5. The number of hydrogen-bond donors (Lipinski definition) is 2. The van der Waals surface area contributed by atoms with E-state index in [-0.39, 0.29) is 22.2 Å². The Hall–Kier alpha value is -3.39. The molecule has 2 aromatic carbocycles. The lowest BCUT2D eigenvalue weighted by Gasteiger charge is -2.13. The van der Waals surface area contributed by atoms with Crippen LogP contribution in [0.25, 0.3) is 11.3 Å². The maximum absolute atomic E-state index is 13.0. The Kier molecular flexibility index (Phi) is 5.90. The Balaban J connectivity index is 1.88. The maximum Gasteiger partial charge on any atom is 0.348 e. The molecule has 28 heavy (non-hydrogen) atoms. The van der Waals surface area contributed by atoms with Gasteiger partial charge >= 0.3 is 5.69 Å². The molecule has 3 aromatic rings. The van der Waals surface area contributed by atoms with Crippen molar-refractivity contribution in [1.29, 1.82) is 0 Å². The van der Waals surface area contributed by atoms with Crippen LogP contribution in [0.1, 0.15) is 17.3 Å². The number of aromatic nitrogens is 2. The molecule has 1 heterocycles. The predicted octanol–water partition coefficient (Wildman–Crippen LogP) is 3.20. The van der Waals surface area contributed by atoms with Crippen molar-refractivity contribution in [2.24, 2.45) is 0 Å². The Morgan fingerprint density at radius 3 is 2.46 bits per heavy atom. The van der Waals surface area contributed by atoms with E-state index in [0.717, 1.165) is 0 Å². The fourth-order valence-electron chi connectivity index (χ4n) is 2.57. The Labute approximate surface area is 166 Å². The number of carbonyl (C=O) groups is 1. The Bertz CT molecular complexity index is 1070. The van der Waals surface area contributed by atoms with E-state index >= 15 is 0 Å². The minimum absolute atomic E-state index is 0.0462. The van der Waals surface area contributed by atoms with Gasteiger partial charge in [-0.2, -0.15) is 4.98 Å². The quantitative estimate of drug-likeness (QED) is 0.663. The summed E-state index contributed by atoms with van der Waals surface area (Å²) in [5, 5.41) is 5.43. The van der Waals surface area contributed by atoms with E-state index in [1.165, 1.54) is 35.0 Å². The molecule has 0 aliphatic carbocycles. The maximum atomic E-state index is 13.0. The lowest BCUT2D eigenvalue weighted by molar-refractivity contribution is 0.0977. The molecule has 0 bridgehead atoms. The second kappa shape index (κ2) is 8.53.